The first-order valence-electron chi connectivity index (χ1n) is 9.11. The highest BCUT2D eigenvalue weighted by molar-refractivity contribution is 6.12. The van der Waals surface area contributed by atoms with Crippen molar-refractivity contribution in [1.29, 1.82) is 0 Å². The third kappa shape index (κ3) is 4.08. The first-order chi connectivity index (χ1) is 13.9. The molecule has 3 rings (SSSR count). The van der Waals surface area contributed by atoms with Crippen LogP contribution in [0.15, 0.2) is 41.7 Å². The average Bonchev–Trinajstić information content (AvgIpc) is 3.17. The van der Waals surface area contributed by atoms with Crippen LogP contribution < -0.4 is 5.32 Å². The van der Waals surface area contributed by atoms with E-state index in [0.29, 0.717) is 5.71 Å². The van der Waals surface area contributed by atoms with Gasteiger partial charge in [-0.15, -0.1) is 0 Å². The second-order valence-corrected chi connectivity index (χ2v) is 6.75. The monoisotopic (exact) mass is 401 g/mol. The molecule has 1 amide bonds. The van der Waals surface area contributed by atoms with Crippen LogP contribution in [0.2, 0.25) is 0 Å². The molecule has 1 aliphatic heterocycles. The standard InChI is InChI=1S/C20H20FN3O5/c1-2-20(19(28)23-15(9-18(26)27)17(25)11-21)10-16(24-29-20)13-7-8-22-14-6-4-3-5-12(13)14/h3-8,15H,2,9-11H2,1H3,(H,23,28)(H,26,27). The highest BCUT2D eigenvalue weighted by atomic mass is 19.1. The molecule has 1 aromatic heterocycles. The largest absolute Gasteiger partial charge is 0.481 e. The number of rotatable bonds is 8. The Balaban J connectivity index is 1.83. The summed E-state index contributed by atoms with van der Waals surface area (Å²) in [4.78, 5) is 45.3. The molecule has 0 bridgehead atoms. The van der Waals surface area contributed by atoms with Gasteiger partial charge in [0.2, 0.25) is 5.60 Å². The van der Waals surface area contributed by atoms with Crippen LogP contribution in [0.4, 0.5) is 4.39 Å². The average molecular weight is 401 g/mol. The van der Waals surface area contributed by atoms with E-state index in [0.717, 1.165) is 16.5 Å². The van der Waals surface area contributed by atoms with Gasteiger partial charge in [0.1, 0.15) is 12.7 Å². The Morgan fingerprint density at radius 2 is 2.07 bits per heavy atom. The van der Waals surface area contributed by atoms with E-state index in [4.69, 9.17) is 9.94 Å². The van der Waals surface area contributed by atoms with Crippen molar-refractivity contribution < 1.29 is 28.7 Å². The lowest BCUT2D eigenvalue weighted by Gasteiger charge is -2.26. The van der Waals surface area contributed by atoms with Gasteiger partial charge in [-0.2, -0.15) is 0 Å². The predicted molar refractivity (Wildman–Crippen MR) is 102 cm³/mol. The van der Waals surface area contributed by atoms with Crippen molar-refractivity contribution in [2.75, 3.05) is 6.67 Å². The number of hydrogen-bond donors (Lipinski definition) is 2. The van der Waals surface area contributed by atoms with Gasteiger partial charge >= 0.3 is 5.97 Å². The lowest BCUT2D eigenvalue weighted by molar-refractivity contribution is -0.148. The van der Waals surface area contributed by atoms with Crippen molar-refractivity contribution in [3.63, 3.8) is 0 Å². The van der Waals surface area contributed by atoms with Gasteiger partial charge < -0.3 is 15.3 Å². The zero-order valence-electron chi connectivity index (χ0n) is 15.7. The van der Waals surface area contributed by atoms with E-state index in [-0.39, 0.29) is 12.8 Å². The van der Waals surface area contributed by atoms with Crippen LogP contribution in [-0.4, -0.2) is 51.8 Å². The van der Waals surface area contributed by atoms with E-state index in [1.165, 1.54) is 0 Å². The zero-order valence-corrected chi connectivity index (χ0v) is 15.7. The summed E-state index contributed by atoms with van der Waals surface area (Å²) in [5, 5.41) is 16.2. The molecule has 0 saturated carbocycles. The van der Waals surface area contributed by atoms with Crippen molar-refractivity contribution in [1.82, 2.24) is 10.3 Å². The Morgan fingerprint density at radius 3 is 2.76 bits per heavy atom. The summed E-state index contributed by atoms with van der Waals surface area (Å²) >= 11 is 0. The smallest absolute Gasteiger partial charge is 0.305 e. The van der Waals surface area contributed by atoms with Crippen LogP contribution in [0.3, 0.4) is 0 Å². The normalized spacial score (nSPS) is 19.3. The Bertz CT molecular complexity index is 988. The Labute approximate surface area is 165 Å². The van der Waals surface area contributed by atoms with Crippen LogP contribution in [0, 0.1) is 0 Å². The number of nitrogens with zero attached hydrogens (tertiary/aromatic N) is 2. The van der Waals surface area contributed by atoms with Gasteiger partial charge in [0.25, 0.3) is 5.91 Å². The molecule has 29 heavy (non-hydrogen) atoms. The van der Waals surface area contributed by atoms with Gasteiger partial charge in [-0.3, -0.25) is 19.4 Å². The minimum Gasteiger partial charge on any atom is -0.481 e. The summed E-state index contributed by atoms with van der Waals surface area (Å²) in [6, 6.07) is 7.77. The predicted octanol–water partition coefficient (Wildman–Crippen LogP) is 2.01. The molecular weight excluding hydrogens is 381 g/mol. The van der Waals surface area contributed by atoms with E-state index in [2.05, 4.69) is 15.5 Å². The molecule has 1 aromatic carbocycles. The molecule has 2 N–H and O–H groups in total. The number of hydrogen-bond acceptors (Lipinski definition) is 6. The number of para-hydroxylation sites is 1. The van der Waals surface area contributed by atoms with Gasteiger partial charge in [0, 0.05) is 23.6 Å². The van der Waals surface area contributed by atoms with Crippen molar-refractivity contribution in [2.24, 2.45) is 5.16 Å². The number of carbonyl (C=O) groups is 3. The van der Waals surface area contributed by atoms with Gasteiger partial charge in [-0.05, 0) is 18.6 Å². The number of carboxylic acid groups (broad SMARTS) is 1. The molecule has 2 aromatic rings. The van der Waals surface area contributed by atoms with Gasteiger partial charge in [-0.25, -0.2) is 4.39 Å². The van der Waals surface area contributed by atoms with E-state index in [9.17, 15) is 18.8 Å². The highest BCUT2D eigenvalue weighted by Crippen LogP contribution is 2.32. The first-order valence-corrected chi connectivity index (χ1v) is 9.11. The summed E-state index contributed by atoms with van der Waals surface area (Å²) in [7, 11) is 0. The number of fused-ring (bicyclic) bond motifs is 1. The number of halogens is 1. The third-order valence-corrected chi connectivity index (χ3v) is 4.93. The molecular formula is C20H20FN3O5. The summed E-state index contributed by atoms with van der Waals surface area (Å²) in [5.41, 5.74) is 0.654. The summed E-state index contributed by atoms with van der Waals surface area (Å²) < 4.78 is 12.8. The molecule has 2 heterocycles. The summed E-state index contributed by atoms with van der Waals surface area (Å²) in [6.07, 6.45) is 1.26. The number of carboxylic acids is 1. The van der Waals surface area contributed by atoms with Crippen molar-refractivity contribution in [2.45, 2.75) is 37.8 Å². The Morgan fingerprint density at radius 1 is 1.31 bits per heavy atom. The SMILES string of the molecule is CCC1(C(=O)NC(CC(=O)O)C(=O)CF)CC(c2ccnc3ccccc23)=NO1. The summed E-state index contributed by atoms with van der Waals surface area (Å²) in [5.74, 6) is -3.04. The van der Waals surface area contributed by atoms with Crippen LogP contribution in [0.5, 0.6) is 0 Å². The molecule has 2 unspecified atom stereocenters. The Kier molecular flexibility index (Phi) is 5.86. The number of benzene rings is 1. The molecule has 0 radical (unpaired) electrons. The molecule has 1 aliphatic rings. The fraction of sp³-hybridized carbons (Fsp3) is 0.350. The number of alkyl halides is 1. The number of aromatic nitrogens is 1. The first kappa shape index (κ1) is 20.4. The number of carbonyl (C=O) groups excluding carboxylic acids is 2. The number of nitrogens with one attached hydrogen (secondary N) is 1. The van der Waals surface area contributed by atoms with Crippen LogP contribution >= 0.6 is 0 Å². The van der Waals surface area contributed by atoms with Gasteiger partial charge in [-0.1, -0.05) is 30.3 Å². The van der Waals surface area contributed by atoms with Crippen LogP contribution in [-0.2, 0) is 19.2 Å². The molecule has 9 heteroatoms. The molecule has 0 spiro atoms. The highest BCUT2D eigenvalue weighted by Gasteiger charge is 2.46. The number of aliphatic carboxylic acids is 1. The lowest BCUT2D eigenvalue weighted by atomic mass is 9.89. The number of pyridine rings is 1. The third-order valence-electron chi connectivity index (χ3n) is 4.93. The molecule has 0 fully saturated rings. The molecule has 2 atom stereocenters. The fourth-order valence-corrected chi connectivity index (χ4v) is 3.24. The maximum atomic E-state index is 12.9. The lowest BCUT2D eigenvalue weighted by Crippen LogP contribution is -2.53. The molecule has 8 nitrogen and oxygen atoms in total. The van der Waals surface area contributed by atoms with Gasteiger partial charge in [0.05, 0.1) is 17.6 Å². The van der Waals surface area contributed by atoms with E-state index < -0.39 is 42.4 Å². The van der Waals surface area contributed by atoms with Crippen molar-refractivity contribution in [3.8, 4) is 0 Å². The fourth-order valence-electron chi connectivity index (χ4n) is 3.24. The maximum absolute atomic E-state index is 12.9. The van der Waals surface area contributed by atoms with Crippen LogP contribution in [0.25, 0.3) is 10.9 Å². The van der Waals surface area contributed by atoms with Crippen LogP contribution in [0.1, 0.15) is 31.7 Å². The number of amides is 1. The topological polar surface area (TPSA) is 118 Å². The number of ketones is 1. The van der Waals surface area contributed by atoms with Crippen molar-refractivity contribution >= 4 is 34.3 Å². The number of Topliss-reactive ketones (excluding diaryl/α,β-unsaturated/α-hetero) is 1. The maximum Gasteiger partial charge on any atom is 0.305 e. The quantitative estimate of drug-likeness (QED) is 0.699. The van der Waals surface area contributed by atoms with E-state index in [1.54, 1.807) is 19.2 Å². The second-order valence-electron chi connectivity index (χ2n) is 6.75. The van der Waals surface area contributed by atoms with Crippen molar-refractivity contribution in [3.05, 3.63) is 42.1 Å². The van der Waals surface area contributed by atoms with E-state index in [1.807, 2.05) is 24.3 Å². The Hall–Kier alpha value is -3.36. The summed E-state index contributed by atoms with van der Waals surface area (Å²) in [6.45, 7) is 0.342. The zero-order chi connectivity index (χ0) is 21.0. The molecule has 0 saturated heterocycles. The molecule has 152 valence electrons. The minimum atomic E-state index is -1.47. The second kappa shape index (κ2) is 8.34. The van der Waals surface area contributed by atoms with E-state index >= 15 is 0 Å². The van der Waals surface area contributed by atoms with Gasteiger partial charge in [0.15, 0.2) is 5.78 Å². The minimum absolute atomic E-state index is 0.118. The number of oxime groups is 1. The molecule has 0 aliphatic carbocycles.